The normalized spacial score (nSPS) is 22.1. The van der Waals surface area contributed by atoms with Crippen LogP contribution in [0.1, 0.15) is 26.2 Å². The van der Waals surface area contributed by atoms with Crippen molar-refractivity contribution < 1.29 is 31.5 Å². The van der Waals surface area contributed by atoms with Gasteiger partial charge in [0.2, 0.25) is 15.9 Å². The molecule has 0 unspecified atom stereocenters. The number of alkyl halides is 2. The molecule has 1 atom stereocenters. The van der Waals surface area contributed by atoms with E-state index in [1.54, 1.807) is 6.92 Å². The highest BCUT2D eigenvalue weighted by Crippen LogP contribution is 2.42. The maximum Gasteiger partial charge on any atom is 0.586 e. The van der Waals surface area contributed by atoms with Gasteiger partial charge in [-0.05, 0) is 31.4 Å². The molecule has 138 valence electrons. The molecular weight excluding hydrogens is 358 g/mol. The minimum atomic E-state index is -3.73. The second kappa shape index (κ2) is 6.41. The van der Waals surface area contributed by atoms with Crippen LogP contribution in [-0.4, -0.2) is 43.3 Å². The Kier molecular flexibility index (Phi) is 4.58. The number of halogens is 2. The Balaban J connectivity index is 1.73. The largest absolute Gasteiger partial charge is 0.586 e. The molecule has 1 amide bonds. The number of carbonyl (C=O) groups is 1. The Labute approximate surface area is 143 Å². The quantitative estimate of drug-likeness (QED) is 0.851. The fourth-order valence-electron chi connectivity index (χ4n) is 2.96. The lowest BCUT2D eigenvalue weighted by Crippen LogP contribution is -2.44. The Morgan fingerprint density at radius 2 is 2.08 bits per heavy atom. The predicted molar refractivity (Wildman–Crippen MR) is 85.1 cm³/mol. The first-order valence-corrected chi connectivity index (χ1v) is 9.53. The first-order valence-electron chi connectivity index (χ1n) is 7.92. The third-order valence-electron chi connectivity index (χ3n) is 3.99. The van der Waals surface area contributed by atoms with Gasteiger partial charge in [-0.1, -0.05) is 6.92 Å². The van der Waals surface area contributed by atoms with Gasteiger partial charge in [-0.3, -0.25) is 4.79 Å². The van der Waals surface area contributed by atoms with Crippen molar-refractivity contribution in [1.82, 2.24) is 4.31 Å². The number of amides is 1. The molecule has 1 aromatic rings. The maximum atomic E-state index is 13.0. The van der Waals surface area contributed by atoms with Gasteiger partial charge in [0.25, 0.3) is 0 Å². The molecule has 3 rings (SSSR count). The molecule has 0 aromatic heterocycles. The van der Waals surface area contributed by atoms with Gasteiger partial charge in [-0.25, -0.2) is 8.42 Å². The second-order valence-corrected chi connectivity index (χ2v) is 7.94. The fraction of sp³-hybridized carbons (Fsp3) is 0.533. The van der Waals surface area contributed by atoms with Crippen LogP contribution in [0.2, 0.25) is 0 Å². The molecule has 1 aromatic carbocycles. The molecule has 1 saturated heterocycles. The van der Waals surface area contributed by atoms with Gasteiger partial charge in [0.15, 0.2) is 11.5 Å². The summed E-state index contributed by atoms with van der Waals surface area (Å²) in [6.07, 6.45) is -2.27. The van der Waals surface area contributed by atoms with Crippen molar-refractivity contribution in [3.8, 4) is 11.5 Å². The molecule has 10 heteroatoms. The molecule has 1 N–H and O–H groups in total. The zero-order valence-corrected chi connectivity index (χ0v) is 14.3. The lowest BCUT2D eigenvalue weighted by molar-refractivity contribution is -0.286. The number of rotatable bonds is 5. The van der Waals surface area contributed by atoms with Gasteiger partial charge in [-0.15, -0.1) is 8.78 Å². The molecule has 2 heterocycles. The van der Waals surface area contributed by atoms with E-state index in [4.69, 9.17) is 0 Å². The lowest BCUT2D eigenvalue weighted by atomic mass is 10.2. The lowest BCUT2D eigenvalue weighted by Gasteiger charge is -2.23. The summed E-state index contributed by atoms with van der Waals surface area (Å²) in [7, 11) is -3.49. The van der Waals surface area contributed by atoms with E-state index in [0.29, 0.717) is 25.8 Å². The molecule has 0 bridgehead atoms. The number of nitrogens with one attached hydrogen (secondary N) is 1. The molecule has 2 aliphatic heterocycles. The van der Waals surface area contributed by atoms with Crippen molar-refractivity contribution >= 4 is 21.6 Å². The molecule has 0 saturated carbocycles. The summed E-state index contributed by atoms with van der Waals surface area (Å²) in [5, 5.41) is 2.56. The number of anilines is 1. The number of hydrogen-bond acceptors (Lipinski definition) is 5. The third-order valence-corrected chi connectivity index (χ3v) is 6.07. The minimum absolute atomic E-state index is 0.0180. The fourth-order valence-corrected chi connectivity index (χ4v) is 4.71. The topological polar surface area (TPSA) is 84.9 Å². The maximum absolute atomic E-state index is 13.0. The Hall–Kier alpha value is -1.94. The van der Waals surface area contributed by atoms with Crippen molar-refractivity contribution in [2.24, 2.45) is 0 Å². The van der Waals surface area contributed by atoms with Crippen LogP contribution >= 0.6 is 0 Å². The number of ether oxygens (including phenoxy) is 2. The van der Waals surface area contributed by atoms with Gasteiger partial charge < -0.3 is 14.8 Å². The van der Waals surface area contributed by atoms with Gasteiger partial charge in [0, 0.05) is 18.3 Å². The monoisotopic (exact) mass is 376 g/mol. The van der Waals surface area contributed by atoms with E-state index in [1.807, 2.05) is 0 Å². The zero-order chi connectivity index (χ0) is 18.2. The third kappa shape index (κ3) is 3.69. The van der Waals surface area contributed by atoms with E-state index in [9.17, 15) is 22.0 Å². The van der Waals surface area contributed by atoms with Crippen LogP contribution in [-0.2, 0) is 14.8 Å². The number of hydrogen-bond donors (Lipinski definition) is 1. The van der Waals surface area contributed by atoms with Gasteiger partial charge in [-0.2, -0.15) is 4.31 Å². The van der Waals surface area contributed by atoms with Crippen molar-refractivity contribution in [2.45, 2.75) is 38.5 Å². The molecule has 1 fully saturated rings. The first-order chi connectivity index (χ1) is 11.7. The highest BCUT2D eigenvalue weighted by molar-refractivity contribution is 7.89. The van der Waals surface area contributed by atoms with Gasteiger partial charge >= 0.3 is 6.29 Å². The van der Waals surface area contributed by atoms with Crippen LogP contribution in [0.25, 0.3) is 0 Å². The predicted octanol–water partition coefficient (Wildman–Crippen LogP) is 2.15. The SMILES string of the molecule is CCCS(=O)(=O)N1CCC[C@H]1C(=O)Nc1ccc2c(c1)OC(F)(F)O2. The molecule has 25 heavy (non-hydrogen) atoms. The van der Waals surface area contributed by atoms with Crippen molar-refractivity contribution in [3.05, 3.63) is 18.2 Å². The van der Waals surface area contributed by atoms with Gasteiger partial charge in [0.05, 0.1) is 5.75 Å². The average Bonchev–Trinajstić information content (AvgIpc) is 3.09. The molecular formula is C15H18F2N2O5S. The van der Waals surface area contributed by atoms with Gasteiger partial charge in [0.1, 0.15) is 6.04 Å². The van der Waals surface area contributed by atoms with Crippen LogP contribution < -0.4 is 14.8 Å². The van der Waals surface area contributed by atoms with Crippen molar-refractivity contribution in [2.75, 3.05) is 17.6 Å². The Bertz CT molecular complexity index is 784. The molecule has 0 aliphatic carbocycles. The molecule has 0 spiro atoms. The van der Waals surface area contributed by atoms with E-state index in [2.05, 4.69) is 14.8 Å². The summed E-state index contributed by atoms with van der Waals surface area (Å²) in [6.45, 7) is 2.05. The van der Waals surface area contributed by atoms with Crippen LogP contribution in [0.4, 0.5) is 14.5 Å². The van der Waals surface area contributed by atoms with E-state index in [0.717, 1.165) is 0 Å². The number of carbonyl (C=O) groups excluding carboxylic acids is 1. The van der Waals surface area contributed by atoms with Crippen LogP contribution in [0, 0.1) is 0 Å². The number of fused-ring (bicyclic) bond motifs is 1. The standard InChI is InChI=1S/C15H18F2N2O5S/c1-2-8-25(21,22)19-7-3-4-11(19)14(20)18-10-5-6-12-13(9-10)24-15(16,17)23-12/h5-6,9,11H,2-4,7-8H2,1H3,(H,18,20)/t11-/m0/s1. The number of benzene rings is 1. The summed E-state index contributed by atoms with van der Waals surface area (Å²) in [6, 6.07) is 3.06. The highest BCUT2D eigenvalue weighted by atomic mass is 32.2. The Morgan fingerprint density at radius 1 is 1.36 bits per heavy atom. The van der Waals surface area contributed by atoms with E-state index in [-0.39, 0.29) is 22.9 Å². The van der Waals surface area contributed by atoms with Crippen LogP contribution in [0.5, 0.6) is 11.5 Å². The smallest absolute Gasteiger partial charge is 0.395 e. The summed E-state index contributed by atoms with van der Waals surface area (Å²) < 4.78 is 60.4. The second-order valence-electron chi connectivity index (χ2n) is 5.90. The van der Waals surface area contributed by atoms with E-state index >= 15 is 0 Å². The van der Waals surface area contributed by atoms with E-state index in [1.165, 1.54) is 22.5 Å². The summed E-state index contributed by atoms with van der Waals surface area (Å²) in [5.74, 6) is -0.834. The van der Waals surface area contributed by atoms with Crippen LogP contribution in [0.15, 0.2) is 18.2 Å². The molecule has 7 nitrogen and oxygen atoms in total. The summed E-state index contributed by atoms with van der Waals surface area (Å²) in [4.78, 5) is 12.5. The first kappa shape index (κ1) is 17.9. The van der Waals surface area contributed by atoms with Crippen molar-refractivity contribution in [1.29, 1.82) is 0 Å². The van der Waals surface area contributed by atoms with Crippen molar-refractivity contribution in [3.63, 3.8) is 0 Å². The molecule has 0 radical (unpaired) electrons. The molecule has 2 aliphatic rings. The number of nitrogens with zero attached hydrogens (tertiary/aromatic N) is 1. The highest BCUT2D eigenvalue weighted by Gasteiger charge is 2.43. The van der Waals surface area contributed by atoms with E-state index < -0.39 is 28.3 Å². The summed E-state index contributed by atoms with van der Waals surface area (Å²) >= 11 is 0. The Morgan fingerprint density at radius 3 is 2.80 bits per heavy atom. The number of sulfonamides is 1. The van der Waals surface area contributed by atoms with Crippen LogP contribution in [0.3, 0.4) is 0 Å². The zero-order valence-electron chi connectivity index (χ0n) is 13.5. The summed E-state index contributed by atoms with van der Waals surface area (Å²) in [5.41, 5.74) is 0.227. The minimum Gasteiger partial charge on any atom is -0.395 e. The average molecular weight is 376 g/mol.